The summed E-state index contributed by atoms with van der Waals surface area (Å²) in [7, 11) is 1.15. The SMILES string of the molecule is CC.CCc1cc(F)c(Cc2nc(-c3nc(OC)c(F)c(=O)[nH]3)cnc2N=CN)cc1F. The quantitative estimate of drug-likeness (QED) is 0.440. The first-order valence-corrected chi connectivity index (χ1v) is 9.79. The number of benzene rings is 1. The van der Waals surface area contributed by atoms with Gasteiger partial charge >= 0.3 is 0 Å². The van der Waals surface area contributed by atoms with Crippen LogP contribution in [0.2, 0.25) is 0 Å². The van der Waals surface area contributed by atoms with E-state index in [0.29, 0.717) is 6.42 Å². The van der Waals surface area contributed by atoms with Crippen molar-refractivity contribution in [2.45, 2.75) is 33.6 Å². The van der Waals surface area contributed by atoms with Gasteiger partial charge in [0.25, 0.3) is 11.4 Å². The normalized spacial score (nSPS) is 10.7. The molecule has 8 nitrogen and oxygen atoms in total. The molecule has 3 N–H and O–H groups in total. The smallest absolute Gasteiger partial charge is 0.291 e. The van der Waals surface area contributed by atoms with E-state index in [1.54, 1.807) is 6.92 Å². The van der Waals surface area contributed by atoms with Crippen LogP contribution < -0.4 is 16.0 Å². The second-order valence-corrected chi connectivity index (χ2v) is 6.11. The molecule has 0 amide bonds. The van der Waals surface area contributed by atoms with E-state index in [1.165, 1.54) is 6.20 Å². The number of rotatable bonds is 6. The lowest BCUT2D eigenvalue weighted by Gasteiger charge is -2.10. The van der Waals surface area contributed by atoms with Crippen molar-refractivity contribution in [3.05, 3.63) is 63.0 Å². The molecule has 0 saturated heterocycles. The van der Waals surface area contributed by atoms with Crippen LogP contribution in [0, 0.1) is 17.5 Å². The van der Waals surface area contributed by atoms with Gasteiger partial charge in [-0.05, 0) is 29.7 Å². The molecule has 0 aliphatic rings. The first-order valence-electron chi connectivity index (χ1n) is 9.79. The summed E-state index contributed by atoms with van der Waals surface area (Å²) in [5.74, 6) is -2.92. The summed E-state index contributed by atoms with van der Waals surface area (Å²) in [4.78, 5) is 30.1. The van der Waals surface area contributed by atoms with E-state index < -0.39 is 28.9 Å². The number of hydrogen-bond acceptors (Lipinski definition) is 6. The van der Waals surface area contributed by atoms with Crippen LogP contribution in [-0.4, -0.2) is 33.4 Å². The van der Waals surface area contributed by atoms with Gasteiger partial charge in [0.05, 0.1) is 25.3 Å². The fraction of sp³-hybridized carbons (Fsp3) is 0.286. The van der Waals surface area contributed by atoms with Crippen molar-refractivity contribution < 1.29 is 17.9 Å². The molecular weight excluding hydrogens is 425 g/mol. The van der Waals surface area contributed by atoms with Gasteiger partial charge < -0.3 is 15.5 Å². The third-order valence-electron chi connectivity index (χ3n) is 4.24. The van der Waals surface area contributed by atoms with Crippen molar-refractivity contribution in [2.75, 3.05) is 7.11 Å². The van der Waals surface area contributed by atoms with Crippen molar-refractivity contribution in [2.24, 2.45) is 10.7 Å². The van der Waals surface area contributed by atoms with E-state index in [1.807, 2.05) is 13.8 Å². The maximum Gasteiger partial charge on any atom is 0.291 e. The number of nitrogens with zero attached hydrogens (tertiary/aromatic N) is 4. The maximum atomic E-state index is 14.4. The van der Waals surface area contributed by atoms with Crippen LogP contribution in [0.1, 0.15) is 37.6 Å². The molecule has 1 aromatic carbocycles. The van der Waals surface area contributed by atoms with Crippen LogP contribution in [0.5, 0.6) is 5.88 Å². The summed E-state index contributed by atoms with van der Waals surface area (Å²) >= 11 is 0. The number of aromatic amines is 1. The zero-order valence-electron chi connectivity index (χ0n) is 18.0. The Morgan fingerprint density at radius 3 is 2.44 bits per heavy atom. The number of aliphatic imine (C=N–C) groups is 1. The summed E-state index contributed by atoms with van der Waals surface area (Å²) in [6.45, 7) is 5.71. The first kappa shape index (κ1) is 24.5. The highest BCUT2D eigenvalue weighted by Crippen LogP contribution is 2.24. The molecule has 2 aromatic heterocycles. The monoisotopic (exact) mass is 448 g/mol. The fourth-order valence-electron chi connectivity index (χ4n) is 2.74. The predicted octanol–water partition coefficient (Wildman–Crippen LogP) is 3.45. The van der Waals surface area contributed by atoms with Crippen molar-refractivity contribution in [3.63, 3.8) is 0 Å². The van der Waals surface area contributed by atoms with Gasteiger partial charge in [-0.3, -0.25) is 4.79 Å². The largest absolute Gasteiger partial charge is 0.479 e. The van der Waals surface area contributed by atoms with E-state index in [-0.39, 0.29) is 40.6 Å². The van der Waals surface area contributed by atoms with E-state index in [2.05, 4.69) is 24.9 Å². The number of aromatic nitrogens is 4. The zero-order valence-corrected chi connectivity index (χ0v) is 18.0. The molecule has 2 heterocycles. The zero-order chi connectivity index (χ0) is 23.8. The van der Waals surface area contributed by atoms with Crippen molar-refractivity contribution in [3.8, 4) is 17.4 Å². The predicted molar refractivity (Wildman–Crippen MR) is 115 cm³/mol. The minimum atomic E-state index is -1.19. The average molecular weight is 448 g/mol. The molecule has 3 rings (SSSR count). The highest BCUT2D eigenvalue weighted by Gasteiger charge is 2.17. The number of nitrogens with one attached hydrogen (secondary N) is 1. The van der Waals surface area contributed by atoms with Gasteiger partial charge in [0.15, 0.2) is 11.6 Å². The second-order valence-electron chi connectivity index (χ2n) is 6.11. The molecule has 0 spiro atoms. The average Bonchev–Trinajstić information content (AvgIpc) is 2.80. The van der Waals surface area contributed by atoms with Gasteiger partial charge in [-0.1, -0.05) is 20.8 Å². The number of methoxy groups -OCH3 is 1. The summed E-state index contributed by atoms with van der Waals surface area (Å²) in [6.07, 6.45) is 2.37. The van der Waals surface area contributed by atoms with Crippen LogP contribution in [-0.2, 0) is 12.8 Å². The number of hydrogen-bond donors (Lipinski definition) is 2. The lowest BCUT2D eigenvalue weighted by atomic mass is 10.0. The molecule has 11 heteroatoms. The Bertz CT molecular complexity index is 1180. The molecule has 0 saturated carbocycles. The van der Waals surface area contributed by atoms with Gasteiger partial charge in [-0.25, -0.2) is 23.7 Å². The molecular formula is C21H23F3N6O2. The molecule has 0 aliphatic carbocycles. The molecule has 0 unspecified atom stereocenters. The molecule has 3 aromatic rings. The van der Waals surface area contributed by atoms with Crippen molar-refractivity contribution >= 4 is 12.2 Å². The molecule has 0 aliphatic heterocycles. The lowest BCUT2D eigenvalue weighted by molar-refractivity contribution is 0.365. The van der Waals surface area contributed by atoms with Crippen LogP contribution in [0.4, 0.5) is 19.0 Å². The number of aryl methyl sites for hydroxylation is 1. The van der Waals surface area contributed by atoms with Gasteiger partial charge in [0.2, 0.25) is 5.82 Å². The van der Waals surface area contributed by atoms with Gasteiger partial charge in [-0.15, -0.1) is 0 Å². The minimum absolute atomic E-state index is 0.0303. The summed E-state index contributed by atoms with van der Waals surface area (Å²) in [6, 6.07) is 2.21. The fourth-order valence-corrected chi connectivity index (χ4v) is 2.74. The van der Waals surface area contributed by atoms with E-state index >= 15 is 0 Å². The van der Waals surface area contributed by atoms with Crippen LogP contribution in [0.3, 0.4) is 0 Å². The van der Waals surface area contributed by atoms with Crippen LogP contribution >= 0.6 is 0 Å². The molecule has 0 atom stereocenters. The van der Waals surface area contributed by atoms with Gasteiger partial charge in [0.1, 0.15) is 17.3 Å². The van der Waals surface area contributed by atoms with E-state index in [4.69, 9.17) is 10.5 Å². The highest BCUT2D eigenvalue weighted by molar-refractivity contribution is 5.60. The van der Waals surface area contributed by atoms with Crippen molar-refractivity contribution in [1.82, 2.24) is 19.9 Å². The summed E-state index contributed by atoms with van der Waals surface area (Å²) < 4.78 is 47.0. The Kier molecular flexibility index (Phi) is 8.45. The molecule has 0 radical (unpaired) electrons. The Hall–Kier alpha value is -3.76. The lowest BCUT2D eigenvalue weighted by Crippen LogP contribution is -2.16. The second kappa shape index (κ2) is 11.0. The van der Waals surface area contributed by atoms with E-state index in [0.717, 1.165) is 25.6 Å². The van der Waals surface area contributed by atoms with Crippen LogP contribution in [0.15, 0.2) is 28.1 Å². The molecule has 32 heavy (non-hydrogen) atoms. The molecule has 170 valence electrons. The minimum Gasteiger partial charge on any atom is -0.479 e. The van der Waals surface area contributed by atoms with Gasteiger partial charge in [0, 0.05) is 6.42 Å². The molecule has 0 fully saturated rings. The summed E-state index contributed by atoms with van der Waals surface area (Å²) in [5.41, 5.74) is 4.73. The number of H-pyrrole nitrogens is 1. The Morgan fingerprint density at radius 1 is 1.16 bits per heavy atom. The van der Waals surface area contributed by atoms with Gasteiger partial charge in [-0.2, -0.15) is 9.37 Å². The molecule has 0 bridgehead atoms. The number of ether oxygens (including phenoxy) is 1. The standard InChI is InChI=1S/C19H17F3N6O2.C2H6/c1-3-9-4-12(21)10(5-11(9)20)6-13-16(25-8-23)24-7-14(26-13)17-27-18(29)15(22)19(28-17)30-2;1-2/h4-5,7-8H,3,6H2,1-2H3,(H2,23,24,25)(H,27,28,29);1-2H3. The van der Waals surface area contributed by atoms with E-state index in [9.17, 15) is 18.0 Å². The third kappa shape index (κ3) is 5.29. The van der Waals surface area contributed by atoms with Crippen molar-refractivity contribution in [1.29, 1.82) is 0 Å². The Balaban J connectivity index is 0.00000176. The highest BCUT2D eigenvalue weighted by atomic mass is 19.1. The van der Waals surface area contributed by atoms with Crippen LogP contribution in [0.25, 0.3) is 11.5 Å². The first-order chi connectivity index (χ1) is 15.4. The maximum absolute atomic E-state index is 14.4. The Morgan fingerprint density at radius 2 is 1.81 bits per heavy atom. The summed E-state index contributed by atoms with van der Waals surface area (Å²) in [5, 5.41) is 0. The number of nitrogens with two attached hydrogens (primary N) is 1. The number of halogens is 3. The topological polar surface area (TPSA) is 119 Å². The Labute approximate surface area is 182 Å². The third-order valence-corrected chi connectivity index (χ3v) is 4.24.